The average Bonchev–Trinajstić information content (AvgIpc) is 2.57. The van der Waals surface area contributed by atoms with E-state index in [4.69, 9.17) is 4.42 Å². The van der Waals surface area contributed by atoms with Crippen molar-refractivity contribution in [1.82, 2.24) is 4.98 Å². The van der Waals surface area contributed by atoms with Crippen molar-refractivity contribution in [1.29, 1.82) is 0 Å². The van der Waals surface area contributed by atoms with Gasteiger partial charge in [0, 0.05) is 21.5 Å². The Bertz CT molecular complexity index is 462. The minimum Gasteiger partial charge on any atom is -0.439 e. The lowest BCUT2D eigenvalue weighted by molar-refractivity contribution is 0.529. The van der Waals surface area contributed by atoms with Crippen LogP contribution in [0, 0.1) is 13.8 Å². The zero-order valence-corrected chi connectivity index (χ0v) is 9.63. The van der Waals surface area contributed by atoms with Crippen molar-refractivity contribution in [3.8, 4) is 11.3 Å². The number of benzene rings is 1. The Morgan fingerprint density at radius 2 is 2.00 bits per heavy atom. The maximum absolute atomic E-state index is 5.09. The summed E-state index contributed by atoms with van der Waals surface area (Å²) in [6, 6.07) is 6.25. The lowest BCUT2D eigenvalue weighted by Gasteiger charge is -2.01. The van der Waals surface area contributed by atoms with Crippen molar-refractivity contribution >= 4 is 15.9 Å². The fraction of sp³-hybridized carbons (Fsp3) is 0.182. The summed E-state index contributed by atoms with van der Waals surface area (Å²) in [7, 11) is 0. The number of aromatic nitrogens is 1. The van der Waals surface area contributed by atoms with Gasteiger partial charge in [0.05, 0.1) is 0 Å². The standard InChI is InChI=1S/C11H10BrNO/c1-7-3-4-9(5-8(7)2)10-6-14-11(12)13-10/h3-6H,1-2H3. The van der Waals surface area contributed by atoms with Gasteiger partial charge in [0.2, 0.25) is 0 Å². The van der Waals surface area contributed by atoms with Crippen molar-refractivity contribution in [2.24, 2.45) is 0 Å². The molecule has 0 aliphatic carbocycles. The third kappa shape index (κ3) is 1.73. The molecular formula is C11H10BrNO. The molecule has 0 unspecified atom stereocenters. The molecule has 3 heteroatoms. The van der Waals surface area contributed by atoms with Gasteiger partial charge < -0.3 is 4.42 Å². The normalized spacial score (nSPS) is 10.5. The summed E-state index contributed by atoms with van der Waals surface area (Å²) < 4.78 is 5.09. The van der Waals surface area contributed by atoms with E-state index in [9.17, 15) is 0 Å². The second-order valence-corrected chi connectivity index (χ2v) is 3.96. The van der Waals surface area contributed by atoms with Crippen LogP contribution in [0.1, 0.15) is 11.1 Å². The lowest BCUT2D eigenvalue weighted by Crippen LogP contribution is -1.83. The number of halogens is 1. The van der Waals surface area contributed by atoms with E-state index in [0.717, 1.165) is 11.3 Å². The molecule has 0 atom stereocenters. The number of hydrogen-bond acceptors (Lipinski definition) is 2. The molecule has 0 radical (unpaired) electrons. The number of rotatable bonds is 1. The summed E-state index contributed by atoms with van der Waals surface area (Å²) in [5.41, 5.74) is 4.50. The van der Waals surface area contributed by atoms with Crippen LogP contribution in [0.25, 0.3) is 11.3 Å². The van der Waals surface area contributed by atoms with Crippen LogP contribution in [0.4, 0.5) is 0 Å². The topological polar surface area (TPSA) is 26.0 Å². The largest absolute Gasteiger partial charge is 0.439 e. The van der Waals surface area contributed by atoms with Crippen LogP contribution < -0.4 is 0 Å². The SMILES string of the molecule is Cc1ccc(-c2coc(Br)n2)cc1C. The van der Waals surface area contributed by atoms with E-state index in [1.165, 1.54) is 11.1 Å². The van der Waals surface area contributed by atoms with E-state index in [1.807, 2.05) is 6.07 Å². The molecule has 0 saturated heterocycles. The number of nitrogens with zero attached hydrogens (tertiary/aromatic N) is 1. The smallest absolute Gasteiger partial charge is 0.264 e. The molecule has 0 spiro atoms. The van der Waals surface area contributed by atoms with Gasteiger partial charge in [-0.1, -0.05) is 12.1 Å². The predicted octanol–water partition coefficient (Wildman–Crippen LogP) is 3.72. The molecule has 0 saturated carbocycles. The van der Waals surface area contributed by atoms with Crippen molar-refractivity contribution in [3.63, 3.8) is 0 Å². The number of hydrogen-bond donors (Lipinski definition) is 0. The highest BCUT2D eigenvalue weighted by Crippen LogP contribution is 2.22. The Labute approximate surface area is 91.1 Å². The first-order valence-electron chi connectivity index (χ1n) is 4.35. The van der Waals surface area contributed by atoms with Crippen molar-refractivity contribution < 1.29 is 4.42 Å². The number of aryl methyl sites for hydroxylation is 2. The Kier molecular flexibility index (Phi) is 2.42. The summed E-state index contributed by atoms with van der Waals surface area (Å²) in [6.45, 7) is 4.19. The quantitative estimate of drug-likeness (QED) is 0.773. The molecule has 0 aliphatic rings. The van der Waals surface area contributed by atoms with Crippen molar-refractivity contribution in [2.75, 3.05) is 0 Å². The molecular weight excluding hydrogens is 242 g/mol. The van der Waals surface area contributed by atoms with E-state index in [1.54, 1.807) is 6.26 Å². The molecule has 1 heterocycles. The molecule has 1 aromatic heterocycles. The lowest BCUT2D eigenvalue weighted by atomic mass is 10.1. The second-order valence-electron chi connectivity index (χ2n) is 3.28. The van der Waals surface area contributed by atoms with Gasteiger partial charge in [-0.25, -0.2) is 4.98 Å². The highest BCUT2D eigenvalue weighted by atomic mass is 79.9. The van der Waals surface area contributed by atoms with E-state index in [2.05, 4.69) is 46.9 Å². The molecule has 14 heavy (non-hydrogen) atoms. The van der Waals surface area contributed by atoms with Crippen molar-refractivity contribution in [3.05, 3.63) is 40.4 Å². The van der Waals surface area contributed by atoms with Crippen LogP contribution in [0.2, 0.25) is 0 Å². The fourth-order valence-electron chi connectivity index (χ4n) is 1.29. The molecule has 0 bridgehead atoms. The molecule has 2 aromatic rings. The van der Waals surface area contributed by atoms with Gasteiger partial charge in [-0.2, -0.15) is 0 Å². The average molecular weight is 252 g/mol. The van der Waals surface area contributed by atoms with E-state index >= 15 is 0 Å². The fourth-order valence-corrected chi connectivity index (χ4v) is 1.57. The van der Waals surface area contributed by atoms with Gasteiger partial charge >= 0.3 is 0 Å². The van der Waals surface area contributed by atoms with Crippen LogP contribution in [-0.2, 0) is 0 Å². The molecule has 0 aliphatic heterocycles. The van der Waals surface area contributed by atoms with Crippen LogP contribution in [0.3, 0.4) is 0 Å². The minimum absolute atomic E-state index is 0.519. The molecule has 0 amide bonds. The highest BCUT2D eigenvalue weighted by molar-refractivity contribution is 9.10. The second kappa shape index (κ2) is 3.58. The summed E-state index contributed by atoms with van der Waals surface area (Å²) in [6.07, 6.45) is 1.65. The van der Waals surface area contributed by atoms with Crippen LogP contribution in [0.5, 0.6) is 0 Å². The molecule has 2 rings (SSSR count). The van der Waals surface area contributed by atoms with Gasteiger partial charge in [0.25, 0.3) is 4.80 Å². The van der Waals surface area contributed by atoms with Crippen LogP contribution in [0.15, 0.2) is 33.7 Å². The van der Waals surface area contributed by atoms with E-state index < -0.39 is 0 Å². The Hall–Kier alpha value is -1.09. The Morgan fingerprint density at radius 3 is 2.57 bits per heavy atom. The summed E-state index contributed by atoms with van der Waals surface area (Å²) >= 11 is 3.18. The van der Waals surface area contributed by atoms with Gasteiger partial charge in [-0.15, -0.1) is 0 Å². The van der Waals surface area contributed by atoms with Crippen LogP contribution in [-0.4, -0.2) is 4.98 Å². The number of oxazole rings is 1. The Balaban J connectivity index is 2.47. The maximum Gasteiger partial charge on any atom is 0.264 e. The van der Waals surface area contributed by atoms with Gasteiger partial charge in [0.1, 0.15) is 12.0 Å². The monoisotopic (exact) mass is 251 g/mol. The van der Waals surface area contributed by atoms with Gasteiger partial charge in [-0.3, -0.25) is 0 Å². The highest BCUT2D eigenvalue weighted by Gasteiger charge is 2.04. The van der Waals surface area contributed by atoms with E-state index in [0.29, 0.717) is 4.80 Å². The summed E-state index contributed by atoms with van der Waals surface area (Å²) in [5.74, 6) is 0. The van der Waals surface area contributed by atoms with Crippen molar-refractivity contribution in [2.45, 2.75) is 13.8 Å². The van der Waals surface area contributed by atoms with Gasteiger partial charge in [0.15, 0.2) is 0 Å². The predicted molar refractivity (Wildman–Crippen MR) is 59.1 cm³/mol. The minimum atomic E-state index is 0.519. The third-order valence-corrected chi connectivity index (χ3v) is 2.64. The molecule has 1 aromatic carbocycles. The first-order valence-corrected chi connectivity index (χ1v) is 5.15. The zero-order valence-electron chi connectivity index (χ0n) is 8.04. The summed E-state index contributed by atoms with van der Waals surface area (Å²) in [5, 5.41) is 0. The van der Waals surface area contributed by atoms with E-state index in [-0.39, 0.29) is 0 Å². The third-order valence-electron chi connectivity index (χ3n) is 2.28. The molecule has 0 N–H and O–H groups in total. The summed E-state index contributed by atoms with van der Waals surface area (Å²) in [4.78, 5) is 4.72. The molecule has 0 fully saturated rings. The zero-order chi connectivity index (χ0) is 10.1. The van der Waals surface area contributed by atoms with Crippen LogP contribution >= 0.6 is 15.9 Å². The van der Waals surface area contributed by atoms with Gasteiger partial charge in [-0.05, 0) is 31.0 Å². The Morgan fingerprint density at radius 1 is 1.21 bits per heavy atom. The maximum atomic E-state index is 5.09. The molecule has 2 nitrogen and oxygen atoms in total. The molecule has 72 valence electrons. The first kappa shape index (κ1) is 9.46. The first-order chi connectivity index (χ1) is 6.66.